The molecule has 0 bridgehead atoms. The number of hydrogen-bond acceptors (Lipinski definition) is 8. The molecule has 0 spiro atoms. The fourth-order valence-electron chi connectivity index (χ4n) is 2.83. The van der Waals surface area contributed by atoms with Crippen LogP contribution in [0.25, 0.3) is 5.82 Å². The molecule has 1 aromatic carbocycles. The van der Waals surface area contributed by atoms with Crippen LogP contribution in [0.2, 0.25) is 5.02 Å². The summed E-state index contributed by atoms with van der Waals surface area (Å²) in [7, 11) is 1.08. The SMILES string of the molecule is COC(=O)NNC(=O)c1cc([N+](=O)[O-])cc(C)c1NC(=O)c1cc(Br)nn1-c1ncccc1Cl. The number of benzene rings is 1. The lowest BCUT2D eigenvalue weighted by Crippen LogP contribution is -2.41. The summed E-state index contributed by atoms with van der Waals surface area (Å²) >= 11 is 9.39. The lowest BCUT2D eigenvalue weighted by atomic mass is 10.1. The van der Waals surface area contributed by atoms with Gasteiger partial charge in [-0.25, -0.2) is 19.9 Å². The van der Waals surface area contributed by atoms with Crippen LogP contribution in [0.3, 0.4) is 0 Å². The molecule has 0 saturated carbocycles. The van der Waals surface area contributed by atoms with E-state index in [1.165, 1.54) is 29.9 Å². The van der Waals surface area contributed by atoms with Crippen molar-refractivity contribution in [3.8, 4) is 5.82 Å². The van der Waals surface area contributed by atoms with E-state index in [-0.39, 0.29) is 33.3 Å². The largest absolute Gasteiger partial charge is 0.452 e. The molecule has 15 heteroatoms. The van der Waals surface area contributed by atoms with Gasteiger partial charge >= 0.3 is 6.09 Å². The van der Waals surface area contributed by atoms with E-state index >= 15 is 0 Å². The molecule has 0 aliphatic heterocycles. The predicted octanol–water partition coefficient (Wildman–Crippen LogP) is 3.15. The van der Waals surface area contributed by atoms with Gasteiger partial charge in [0, 0.05) is 24.4 Å². The minimum absolute atomic E-state index is 0.00396. The molecule has 2 aromatic heterocycles. The first-order valence-corrected chi connectivity index (χ1v) is 10.4. The minimum atomic E-state index is -0.970. The summed E-state index contributed by atoms with van der Waals surface area (Å²) in [4.78, 5) is 51.8. The summed E-state index contributed by atoms with van der Waals surface area (Å²) < 4.78 is 5.87. The van der Waals surface area contributed by atoms with Crippen LogP contribution in [0.5, 0.6) is 0 Å². The average Bonchev–Trinajstić information content (AvgIpc) is 3.19. The number of amides is 3. The van der Waals surface area contributed by atoms with Crippen molar-refractivity contribution in [1.29, 1.82) is 0 Å². The summed E-state index contributed by atoms with van der Waals surface area (Å²) in [6.07, 6.45) is 0.498. The zero-order chi connectivity index (χ0) is 25.0. The normalized spacial score (nSPS) is 10.4. The number of nitrogens with one attached hydrogen (secondary N) is 3. The first kappa shape index (κ1) is 24.6. The van der Waals surface area contributed by atoms with Crippen molar-refractivity contribution in [2.24, 2.45) is 0 Å². The van der Waals surface area contributed by atoms with Gasteiger partial charge < -0.3 is 10.1 Å². The highest BCUT2D eigenvalue weighted by Gasteiger charge is 2.24. The monoisotopic (exact) mass is 551 g/mol. The number of nitro benzene ring substituents is 1. The van der Waals surface area contributed by atoms with Crippen molar-refractivity contribution >= 4 is 56.8 Å². The standard InChI is InChI=1S/C19H15BrClN7O6/c1-9-6-10(28(32)33)7-11(17(29)24-25-19(31)34-2)15(9)23-18(30)13-8-14(20)26-27(13)16-12(21)4-3-5-22-16/h3-8H,1-2H3,(H,23,30)(H,24,29)(H,25,31). The molecule has 0 unspecified atom stereocenters. The second-order valence-electron chi connectivity index (χ2n) is 6.54. The molecule has 176 valence electrons. The van der Waals surface area contributed by atoms with E-state index in [1.807, 2.05) is 5.43 Å². The maximum atomic E-state index is 13.2. The summed E-state index contributed by atoms with van der Waals surface area (Å²) in [5, 5.41) is 18.3. The van der Waals surface area contributed by atoms with Crippen LogP contribution < -0.4 is 16.2 Å². The Morgan fingerprint density at radius 3 is 2.59 bits per heavy atom. The number of pyridine rings is 1. The van der Waals surface area contributed by atoms with Crippen LogP contribution in [-0.4, -0.2) is 44.7 Å². The third-order valence-electron chi connectivity index (χ3n) is 4.33. The molecule has 0 radical (unpaired) electrons. The second kappa shape index (κ2) is 10.3. The molecule has 3 rings (SSSR count). The topological polar surface area (TPSA) is 170 Å². The summed E-state index contributed by atoms with van der Waals surface area (Å²) in [5.41, 5.74) is 3.53. The number of methoxy groups -OCH3 is 1. The van der Waals surface area contributed by atoms with Gasteiger partial charge in [-0.2, -0.15) is 5.10 Å². The highest BCUT2D eigenvalue weighted by atomic mass is 79.9. The number of halogens is 2. The number of carbonyl (C=O) groups excluding carboxylic acids is 3. The molecule has 0 atom stereocenters. The fourth-order valence-corrected chi connectivity index (χ4v) is 3.41. The Kier molecular flexibility index (Phi) is 7.43. The van der Waals surface area contributed by atoms with Gasteiger partial charge in [0.2, 0.25) is 0 Å². The average molecular weight is 553 g/mol. The Hall–Kier alpha value is -4.04. The van der Waals surface area contributed by atoms with Crippen LogP contribution in [0.1, 0.15) is 26.4 Å². The maximum absolute atomic E-state index is 13.2. The lowest BCUT2D eigenvalue weighted by Gasteiger charge is -2.15. The van der Waals surface area contributed by atoms with E-state index in [2.05, 4.69) is 41.5 Å². The van der Waals surface area contributed by atoms with Gasteiger partial charge in [0.1, 0.15) is 10.3 Å². The van der Waals surface area contributed by atoms with E-state index in [1.54, 1.807) is 12.1 Å². The molecule has 2 heterocycles. The molecule has 34 heavy (non-hydrogen) atoms. The fraction of sp³-hybridized carbons (Fsp3) is 0.105. The van der Waals surface area contributed by atoms with Crippen molar-refractivity contribution in [2.75, 3.05) is 12.4 Å². The molecule has 0 aliphatic carbocycles. The zero-order valence-electron chi connectivity index (χ0n) is 17.5. The van der Waals surface area contributed by atoms with E-state index in [0.717, 1.165) is 13.2 Å². The zero-order valence-corrected chi connectivity index (χ0v) is 19.8. The molecule has 3 aromatic rings. The third-order valence-corrected chi connectivity index (χ3v) is 5.01. The van der Waals surface area contributed by atoms with Gasteiger partial charge in [-0.05, 0) is 40.5 Å². The van der Waals surface area contributed by atoms with Crippen molar-refractivity contribution in [3.63, 3.8) is 0 Å². The summed E-state index contributed by atoms with van der Waals surface area (Å²) in [5.74, 6) is -1.47. The van der Waals surface area contributed by atoms with Gasteiger partial charge in [-0.1, -0.05) is 11.6 Å². The summed E-state index contributed by atoms with van der Waals surface area (Å²) in [6, 6.07) is 6.72. The smallest absolute Gasteiger partial charge is 0.425 e. The Morgan fingerprint density at radius 1 is 1.21 bits per heavy atom. The van der Waals surface area contributed by atoms with Crippen molar-refractivity contribution in [2.45, 2.75) is 6.92 Å². The quantitative estimate of drug-likeness (QED) is 0.320. The van der Waals surface area contributed by atoms with Crippen molar-refractivity contribution in [1.82, 2.24) is 25.6 Å². The van der Waals surface area contributed by atoms with Gasteiger partial charge in [-0.3, -0.25) is 25.1 Å². The molecular formula is C19H15BrClN7O6. The summed E-state index contributed by atoms with van der Waals surface area (Å²) in [6.45, 7) is 1.47. The second-order valence-corrected chi connectivity index (χ2v) is 7.76. The number of nitro groups is 1. The first-order valence-electron chi connectivity index (χ1n) is 9.23. The molecule has 0 aliphatic rings. The van der Waals surface area contributed by atoms with Crippen LogP contribution >= 0.6 is 27.5 Å². The van der Waals surface area contributed by atoms with Gasteiger partial charge in [0.15, 0.2) is 5.82 Å². The number of rotatable bonds is 5. The molecule has 3 N–H and O–H groups in total. The lowest BCUT2D eigenvalue weighted by molar-refractivity contribution is -0.384. The third kappa shape index (κ3) is 5.29. The Morgan fingerprint density at radius 2 is 1.94 bits per heavy atom. The van der Waals surface area contributed by atoms with Gasteiger partial charge in [-0.15, -0.1) is 0 Å². The van der Waals surface area contributed by atoms with Gasteiger partial charge in [0.05, 0.1) is 28.3 Å². The van der Waals surface area contributed by atoms with E-state index < -0.39 is 28.5 Å². The van der Waals surface area contributed by atoms with E-state index in [0.29, 0.717) is 4.60 Å². The Bertz CT molecular complexity index is 1310. The number of aromatic nitrogens is 3. The molecule has 3 amide bonds. The van der Waals surface area contributed by atoms with Crippen LogP contribution in [0.15, 0.2) is 41.1 Å². The first-order chi connectivity index (χ1) is 16.1. The number of nitrogens with zero attached hydrogens (tertiary/aromatic N) is 4. The van der Waals surface area contributed by atoms with Crippen LogP contribution in [0, 0.1) is 17.0 Å². The van der Waals surface area contributed by atoms with E-state index in [9.17, 15) is 24.5 Å². The highest BCUT2D eigenvalue weighted by molar-refractivity contribution is 9.10. The maximum Gasteiger partial charge on any atom is 0.425 e. The number of hydrazine groups is 1. The highest BCUT2D eigenvalue weighted by Crippen LogP contribution is 2.28. The van der Waals surface area contributed by atoms with Gasteiger partial charge in [0.25, 0.3) is 17.5 Å². The van der Waals surface area contributed by atoms with E-state index in [4.69, 9.17) is 11.6 Å². The Balaban J connectivity index is 2.02. The number of non-ortho nitro benzene ring substituents is 1. The van der Waals surface area contributed by atoms with Crippen molar-refractivity contribution < 1.29 is 24.0 Å². The number of aryl methyl sites for hydroxylation is 1. The number of ether oxygens (including phenoxy) is 1. The van der Waals surface area contributed by atoms with Crippen molar-refractivity contribution in [3.05, 3.63) is 73.1 Å². The predicted molar refractivity (Wildman–Crippen MR) is 123 cm³/mol. The van der Waals surface area contributed by atoms with Crippen LogP contribution in [-0.2, 0) is 4.74 Å². The molecular weight excluding hydrogens is 538 g/mol. The minimum Gasteiger partial charge on any atom is -0.452 e. The van der Waals surface area contributed by atoms with Crippen LogP contribution in [0.4, 0.5) is 16.2 Å². The molecule has 0 saturated heterocycles. The Labute approximate surface area is 204 Å². The number of carbonyl (C=O) groups is 3. The molecule has 13 nitrogen and oxygen atoms in total. The number of hydrogen-bond donors (Lipinski definition) is 3. The number of anilines is 1. The molecule has 0 fully saturated rings.